The van der Waals surface area contributed by atoms with Crippen LogP contribution in [-0.2, 0) is 9.59 Å². The van der Waals surface area contributed by atoms with Gasteiger partial charge in [-0.3, -0.25) is 0 Å². The van der Waals surface area contributed by atoms with Crippen LogP contribution in [0.1, 0.15) is 168 Å². The fourth-order valence-electron chi connectivity index (χ4n) is 5.75. The number of aliphatic carboxylic acids is 2. The van der Waals surface area contributed by atoms with E-state index in [0.717, 1.165) is 64.2 Å². The van der Waals surface area contributed by atoms with Crippen molar-refractivity contribution in [3.63, 3.8) is 0 Å². The predicted octanol–water partition coefficient (Wildman–Crippen LogP) is -4.06. The van der Waals surface area contributed by atoms with Crippen LogP contribution in [0.2, 0.25) is 0 Å². The van der Waals surface area contributed by atoms with E-state index in [4.69, 9.17) is 20.4 Å². The van der Waals surface area contributed by atoms with Crippen molar-refractivity contribution < 1.29 is 102 Å². The summed E-state index contributed by atoms with van der Waals surface area (Å²) >= 11 is 0. The maximum absolute atomic E-state index is 10.6. The van der Waals surface area contributed by atoms with Crippen molar-refractivity contribution >= 4 is 49.7 Å². The summed E-state index contributed by atoms with van der Waals surface area (Å²) in [6.45, 7) is 4.30. The minimum Gasteiger partial charge on any atom is -0.544 e. The Kier molecular flexibility index (Phi) is 29.4. The molecule has 0 radical (unpaired) electrons. The standard InChI is InChI=1S/2C18H36O10.Ca/c2*1-2-3-4-5-6-7-8-9-10-11-12-13-15(21,22)17(25,26)18(27,28)16(23,24)14(19)20;/h2*21-28H,2-13H2,1H3,(H,19,20);/q;;+2/p-2. The minimum absolute atomic E-state index is 0. The van der Waals surface area contributed by atoms with Gasteiger partial charge in [-0.15, -0.1) is 0 Å². The molecular formula is C36H70CaO20. The molecule has 0 fully saturated rings. The van der Waals surface area contributed by atoms with Crippen molar-refractivity contribution in [2.24, 2.45) is 0 Å². The first-order valence-corrected chi connectivity index (χ1v) is 19.5. The van der Waals surface area contributed by atoms with Crippen LogP contribution < -0.4 is 10.2 Å². The Balaban J connectivity index is -0.00000101. The summed E-state index contributed by atoms with van der Waals surface area (Å²) in [5, 5.41) is 173. The average molecular weight is 863 g/mol. The van der Waals surface area contributed by atoms with Gasteiger partial charge in [0.15, 0.2) is 0 Å². The van der Waals surface area contributed by atoms with Gasteiger partial charge >= 0.3 is 37.7 Å². The van der Waals surface area contributed by atoms with Crippen LogP contribution in [0, 0.1) is 0 Å². The first-order valence-electron chi connectivity index (χ1n) is 19.5. The molecule has 0 aliphatic rings. The first kappa shape index (κ1) is 60.9. The molecule has 336 valence electrons. The summed E-state index contributed by atoms with van der Waals surface area (Å²) in [5.74, 6) is -40.3. The Morgan fingerprint density at radius 2 is 0.509 bits per heavy atom. The summed E-state index contributed by atoms with van der Waals surface area (Å²) in [5.41, 5.74) is 0. The van der Waals surface area contributed by atoms with Crippen molar-refractivity contribution in [2.45, 2.75) is 214 Å². The quantitative estimate of drug-likeness (QED) is 0.0174. The molecule has 0 rings (SSSR count). The molecule has 0 heterocycles. The predicted molar refractivity (Wildman–Crippen MR) is 195 cm³/mol. The molecule has 57 heavy (non-hydrogen) atoms. The zero-order chi connectivity index (χ0) is 44.1. The van der Waals surface area contributed by atoms with Crippen LogP contribution in [0.15, 0.2) is 0 Å². The number of hydrogen-bond acceptors (Lipinski definition) is 20. The van der Waals surface area contributed by atoms with Gasteiger partial charge in [0.05, 0.1) is 0 Å². The monoisotopic (exact) mass is 862 g/mol. The summed E-state index contributed by atoms with van der Waals surface area (Å²) in [4.78, 5) is 21.2. The fraction of sp³-hybridized carbons (Fsp3) is 0.944. The van der Waals surface area contributed by atoms with Gasteiger partial charge in [0.2, 0.25) is 11.6 Å². The Morgan fingerprint density at radius 3 is 0.684 bits per heavy atom. The van der Waals surface area contributed by atoms with Crippen molar-refractivity contribution in [3.8, 4) is 0 Å². The van der Waals surface area contributed by atoms with Crippen LogP contribution in [0.3, 0.4) is 0 Å². The van der Waals surface area contributed by atoms with Gasteiger partial charge < -0.3 is 102 Å². The van der Waals surface area contributed by atoms with Crippen LogP contribution in [0.5, 0.6) is 0 Å². The second-order valence-corrected chi connectivity index (χ2v) is 14.8. The van der Waals surface area contributed by atoms with Crippen LogP contribution in [0.4, 0.5) is 0 Å². The molecule has 0 aromatic rings. The molecule has 0 aliphatic heterocycles. The second-order valence-electron chi connectivity index (χ2n) is 14.8. The largest absolute Gasteiger partial charge is 2.00 e. The van der Waals surface area contributed by atoms with Gasteiger partial charge in [0.1, 0.15) is 11.9 Å². The maximum Gasteiger partial charge on any atom is 2.00 e. The van der Waals surface area contributed by atoms with E-state index in [1.807, 2.05) is 0 Å². The molecule has 0 atom stereocenters. The summed E-state index contributed by atoms with van der Waals surface area (Å²) in [7, 11) is 0. The third-order valence-corrected chi connectivity index (χ3v) is 9.89. The number of aliphatic hydroxyl groups is 16. The topological polar surface area (TPSA) is 404 Å². The van der Waals surface area contributed by atoms with Gasteiger partial charge in [-0.05, 0) is 12.8 Å². The van der Waals surface area contributed by atoms with Crippen molar-refractivity contribution in [3.05, 3.63) is 0 Å². The van der Waals surface area contributed by atoms with E-state index in [9.17, 15) is 81.1 Å². The van der Waals surface area contributed by atoms with E-state index in [1.165, 1.54) is 51.4 Å². The molecule has 20 nitrogen and oxygen atoms in total. The van der Waals surface area contributed by atoms with Crippen molar-refractivity contribution in [1.82, 2.24) is 0 Å². The van der Waals surface area contributed by atoms with Gasteiger partial charge in [-0.2, -0.15) is 0 Å². The van der Waals surface area contributed by atoms with Crippen LogP contribution in [0.25, 0.3) is 0 Å². The Hall–Kier alpha value is -0.440. The van der Waals surface area contributed by atoms with E-state index in [1.54, 1.807) is 0 Å². The number of hydrogen-bond donors (Lipinski definition) is 16. The molecule has 0 unspecified atom stereocenters. The smallest absolute Gasteiger partial charge is 0.544 e. The molecule has 0 spiro atoms. The number of carboxylic acids is 2. The first-order chi connectivity index (χ1) is 25.5. The van der Waals surface area contributed by atoms with Gasteiger partial charge in [0, 0.05) is 12.8 Å². The second kappa shape index (κ2) is 27.5. The summed E-state index contributed by atoms with van der Waals surface area (Å²) in [6.07, 6.45) is 18.9. The summed E-state index contributed by atoms with van der Waals surface area (Å²) in [6, 6.07) is 0. The summed E-state index contributed by atoms with van der Waals surface area (Å²) < 4.78 is 0. The van der Waals surface area contributed by atoms with Crippen LogP contribution >= 0.6 is 0 Å². The van der Waals surface area contributed by atoms with E-state index in [-0.39, 0.29) is 50.6 Å². The van der Waals surface area contributed by atoms with Gasteiger partial charge in [-0.1, -0.05) is 142 Å². The Labute approximate surface area is 363 Å². The molecule has 0 aromatic carbocycles. The SMILES string of the molecule is CCCCCCCCCCCCCC(O)(O)C(O)(O)C(O)(O)C(O)(O)C(=O)[O-].CCCCCCCCCCCCCC(O)(O)C(O)(O)C(O)(O)C(O)(O)C(=O)[O-].[Ca+2]. The number of carbonyl (C=O) groups is 2. The Bertz CT molecular complexity index is 1010. The number of unbranched alkanes of at least 4 members (excludes halogenated alkanes) is 20. The van der Waals surface area contributed by atoms with E-state index in [0.29, 0.717) is 12.8 Å². The number of rotatable bonds is 32. The molecule has 0 bridgehead atoms. The molecule has 0 aliphatic carbocycles. The zero-order valence-corrected chi connectivity index (χ0v) is 35.7. The zero-order valence-electron chi connectivity index (χ0n) is 33.5. The van der Waals surface area contributed by atoms with Crippen LogP contribution in [-0.4, -0.2) is 178 Å². The average Bonchev–Trinajstić information content (AvgIpc) is 3.09. The molecule has 0 saturated heterocycles. The Morgan fingerprint density at radius 1 is 0.333 bits per heavy atom. The minimum atomic E-state index is -4.65. The van der Waals surface area contributed by atoms with E-state index in [2.05, 4.69) is 13.8 Å². The molecule has 0 aromatic heterocycles. The fourth-order valence-corrected chi connectivity index (χ4v) is 5.75. The molecule has 16 N–H and O–H groups in total. The number of carboxylic acid groups (broad SMARTS) is 2. The molecule has 21 heteroatoms. The van der Waals surface area contributed by atoms with E-state index >= 15 is 0 Å². The van der Waals surface area contributed by atoms with E-state index < -0.39 is 71.1 Å². The number of carbonyl (C=O) groups excluding carboxylic acids is 2. The third-order valence-electron chi connectivity index (χ3n) is 9.89. The molecular weight excluding hydrogens is 792 g/mol. The normalized spacial score (nSPS) is 13.5. The van der Waals surface area contributed by atoms with Crippen molar-refractivity contribution in [2.75, 3.05) is 0 Å². The van der Waals surface area contributed by atoms with Gasteiger partial charge in [-0.25, -0.2) is 0 Å². The molecule has 0 amide bonds. The van der Waals surface area contributed by atoms with Crippen molar-refractivity contribution in [1.29, 1.82) is 0 Å². The third kappa shape index (κ3) is 18.2. The van der Waals surface area contributed by atoms with Gasteiger partial charge in [0.25, 0.3) is 34.7 Å². The molecule has 0 saturated carbocycles. The maximum atomic E-state index is 10.6.